The van der Waals surface area contributed by atoms with Gasteiger partial charge in [0.05, 0.1) is 23.3 Å². The number of amides is 2. The number of carbonyl (C=O) groups excluding carboxylic acids is 1. The highest BCUT2D eigenvalue weighted by Gasteiger charge is 2.58. The van der Waals surface area contributed by atoms with Gasteiger partial charge in [-0.05, 0) is 43.4 Å². The maximum Gasteiger partial charge on any atom is 0.322 e. The molecule has 2 aromatic heterocycles. The number of rotatable bonds is 4. The van der Waals surface area contributed by atoms with Crippen LogP contribution in [-0.4, -0.2) is 52.3 Å². The minimum atomic E-state index is -0.224. The average molecular weight is 427 g/mol. The Morgan fingerprint density at radius 3 is 2.97 bits per heavy atom. The smallest absolute Gasteiger partial charge is 0.314 e. The quantitative estimate of drug-likeness (QED) is 0.691. The van der Waals surface area contributed by atoms with Gasteiger partial charge in [0.25, 0.3) is 0 Å². The number of nitrogens with zero attached hydrogens (tertiary/aromatic N) is 7. The van der Waals surface area contributed by atoms with Crippen molar-refractivity contribution >= 4 is 23.3 Å². The van der Waals surface area contributed by atoms with E-state index >= 15 is 0 Å². The number of halogens is 1. The van der Waals surface area contributed by atoms with Crippen molar-refractivity contribution in [1.29, 1.82) is 0 Å². The highest BCUT2D eigenvalue weighted by Crippen LogP contribution is 2.50. The number of carbonyl (C=O) groups is 1. The van der Waals surface area contributed by atoms with E-state index in [1.165, 1.54) is 0 Å². The van der Waals surface area contributed by atoms with Crippen LogP contribution in [0, 0.1) is 5.92 Å². The zero-order chi connectivity index (χ0) is 20.9. The van der Waals surface area contributed by atoms with Crippen molar-refractivity contribution in [2.75, 3.05) is 5.32 Å². The third kappa shape index (κ3) is 3.23. The standard InChI is InChI=1S/C20H23ClN8O/c1-13-7-15-10-20(9-13,11-28-6-5-23-26-28)29(15)19(30)24-14-3-4-17(21)16(8-14)18-22-12-27(2)25-18/h3-6,8,12-13,15H,7,9-11H2,1-2H3,(H,24,30)/t13-,15+,20-/m1/s1. The van der Waals surface area contributed by atoms with E-state index in [0.29, 0.717) is 34.6 Å². The van der Waals surface area contributed by atoms with Crippen molar-refractivity contribution in [3.05, 3.63) is 41.9 Å². The number of aryl methyl sites for hydroxylation is 1. The van der Waals surface area contributed by atoms with Gasteiger partial charge in [0.2, 0.25) is 0 Å². The average Bonchev–Trinajstić information content (AvgIpc) is 3.34. The Labute approximate surface area is 179 Å². The maximum atomic E-state index is 13.3. The molecule has 6 rings (SSSR count). The van der Waals surface area contributed by atoms with Crippen LogP contribution >= 0.6 is 11.6 Å². The molecule has 1 aromatic carbocycles. The zero-order valence-corrected chi connectivity index (χ0v) is 17.6. The first-order valence-corrected chi connectivity index (χ1v) is 10.4. The molecule has 10 heteroatoms. The number of fused-ring (bicyclic) bond motifs is 2. The number of piperidine rings is 1. The van der Waals surface area contributed by atoms with Gasteiger partial charge in [0.15, 0.2) is 5.82 Å². The van der Waals surface area contributed by atoms with E-state index < -0.39 is 0 Å². The first kappa shape index (κ1) is 19.0. The molecule has 1 N–H and O–H groups in total. The molecule has 1 aliphatic carbocycles. The normalized spacial score (nSPS) is 25.1. The van der Waals surface area contributed by atoms with E-state index in [1.807, 2.05) is 21.8 Å². The molecule has 1 saturated carbocycles. The molecule has 2 bridgehead atoms. The number of aromatic nitrogens is 6. The third-order valence-electron chi connectivity index (χ3n) is 6.10. The summed E-state index contributed by atoms with van der Waals surface area (Å²) in [6.45, 7) is 2.91. The monoisotopic (exact) mass is 426 g/mol. The Hall–Kier alpha value is -2.94. The lowest BCUT2D eigenvalue weighted by atomic mass is 9.64. The van der Waals surface area contributed by atoms with Crippen LogP contribution in [0.5, 0.6) is 0 Å². The Morgan fingerprint density at radius 2 is 2.23 bits per heavy atom. The van der Waals surface area contributed by atoms with E-state index in [-0.39, 0.29) is 17.6 Å². The number of nitrogens with one attached hydrogen (secondary N) is 1. The number of anilines is 1. The summed E-state index contributed by atoms with van der Waals surface area (Å²) in [7, 11) is 1.80. The molecule has 3 atom stereocenters. The molecule has 2 amide bonds. The summed E-state index contributed by atoms with van der Waals surface area (Å²) in [6.07, 6.45) is 8.12. The van der Waals surface area contributed by atoms with Crippen LogP contribution in [0.15, 0.2) is 36.9 Å². The second-order valence-electron chi connectivity index (χ2n) is 8.46. The fourth-order valence-electron chi connectivity index (χ4n) is 5.10. The SMILES string of the molecule is C[C@@H]1C[C@H]2C[C@@](Cn3ccnn3)(C1)N2C(=O)Nc1ccc(Cl)c(-c2ncn(C)n2)c1. The second kappa shape index (κ2) is 7.09. The summed E-state index contributed by atoms with van der Waals surface area (Å²) in [4.78, 5) is 19.6. The molecule has 3 aliphatic rings. The summed E-state index contributed by atoms with van der Waals surface area (Å²) in [5.41, 5.74) is 1.13. The summed E-state index contributed by atoms with van der Waals surface area (Å²) in [5, 5.41) is 15.9. The fourth-order valence-corrected chi connectivity index (χ4v) is 5.30. The van der Waals surface area contributed by atoms with Crippen molar-refractivity contribution in [3.8, 4) is 11.4 Å². The van der Waals surface area contributed by atoms with E-state index in [0.717, 1.165) is 19.3 Å². The van der Waals surface area contributed by atoms with Crippen molar-refractivity contribution in [2.24, 2.45) is 13.0 Å². The van der Waals surface area contributed by atoms with Gasteiger partial charge in [0, 0.05) is 30.5 Å². The van der Waals surface area contributed by atoms with E-state index in [2.05, 4.69) is 32.6 Å². The largest absolute Gasteiger partial charge is 0.322 e. The van der Waals surface area contributed by atoms with Gasteiger partial charge in [-0.3, -0.25) is 9.36 Å². The van der Waals surface area contributed by atoms with Gasteiger partial charge in [-0.15, -0.1) is 5.10 Å². The molecular formula is C20H23ClN8O. The number of hydrogen-bond donors (Lipinski definition) is 1. The van der Waals surface area contributed by atoms with Crippen LogP contribution in [0.2, 0.25) is 5.02 Å². The van der Waals surface area contributed by atoms with Crippen LogP contribution in [0.3, 0.4) is 0 Å². The lowest BCUT2D eigenvalue weighted by Gasteiger charge is -2.63. The highest BCUT2D eigenvalue weighted by atomic mass is 35.5. The lowest BCUT2D eigenvalue weighted by Crippen LogP contribution is -2.73. The summed E-state index contributed by atoms with van der Waals surface area (Å²) in [6, 6.07) is 5.53. The zero-order valence-electron chi connectivity index (χ0n) is 16.9. The van der Waals surface area contributed by atoms with Crippen LogP contribution in [-0.2, 0) is 13.6 Å². The fraction of sp³-hybridized carbons (Fsp3) is 0.450. The van der Waals surface area contributed by atoms with Gasteiger partial charge in [-0.25, -0.2) is 9.78 Å². The summed E-state index contributed by atoms with van der Waals surface area (Å²) < 4.78 is 3.44. The van der Waals surface area contributed by atoms with Gasteiger partial charge >= 0.3 is 6.03 Å². The van der Waals surface area contributed by atoms with E-state index in [9.17, 15) is 4.79 Å². The predicted molar refractivity (Wildman–Crippen MR) is 112 cm³/mol. The molecular weight excluding hydrogens is 404 g/mol. The molecule has 0 radical (unpaired) electrons. The molecule has 2 saturated heterocycles. The minimum absolute atomic E-state index is 0.0967. The molecule has 3 fully saturated rings. The molecule has 0 spiro atoms. The van der Waals surface area contributed by atoms with E-state index in [4.69, 9.17) is 11.6 Å². The summed E-state index contributed by atoms with van der Waals surface area (Å²) in [5.74, 6) is 1.10. The Kier molecular flexibility index (Phi) is 4.50. The van der Waals surface area contributed by atoms with Crippen molar-refractivity contribution in [2.45, 2.75) is 44.3 Å². The summed E-state index contributed by atoms with van der Waals surface area (Å²) >= 11 is 6.35. The van der Waals surface area contributed by atoms with Crippen LogP contribution in [0.4, 0.5) is 10.5 Å². The first-order valence-electron chi connectivity index (χ1n) is 10.0. The molecule has 30 heavy (non-hydrogen) atoms. The minimum Gasteiger partial charge on any atom is -0.314 e. The Morgan fingerprint density at radius 1 is 1.37 bits per heavy atom. The van der Waals surface area contributed by atoms with Gasteiger partial charge in [0.1, 0.15) is 6.33 Å². The molecule has 4 heterocycles. The molecule has 156 valence electrons. The Balaban J connectivity index is 1.38. The van der Waals surface area contributed by atoms with Crippen molar-refractivity contribution in [3.63, 3.8) is 0 Å². The van der Waals surface area contributed by atoms with Crippen LogP contribution in [0.25, 0.3) is 11.4 Å². The molecule has 2 aliphatic heterocycles. The van der Waals surface area contributed by atoms with Gasteiger partial charge < -0.3 is 10.2 Å². The number of hydrogen-bond acceptors (Lipinski definition) is 5. The lowest BCUT2D eigenvalue weighted by molar-refractivity contribution is -0.100. The predicted octanol–water partition coefficient (Wildman–Crippen LogP) is 3.20. The first-order chi connectivity index (χ1) is 14.4. The van der Waals surface area contributed by atoms with Gasteiger partial charge in [-0.2, -0.15) is 5.10 Å². The second-order valence-corrected chi connectivity index (χ2v) is 8.87. The highest BCUT2D eigenvalue weighted by molar-refractivity contribution is 6.33. The topological polar surface area (TPSA) is 93.8 Å². The molecule has 0 unspecified atom stereocenters. The van der Waals surface area contributed by atoms with Gasteiger partial charge in [-0.1, -0.05) is 23.7 Å². The molecule has 9 nitrogen and oxygen atoms in total. The van der Waals surface area contributed by atoms with Crippen molar-refractivity contribution in [1.82, 2.24) is 34.7 Å². The van der Waals surface area contributed by atoms with Crippen LogP contribution in [0.1, 0.15) is 26.2 Å². The Bertz CT molecular complexity index is 1080. The van der Waals surface area contributed by atoms with Crippen LogP contribution < -0.4 is 5.32 Å². The third-order valence-corrected chi connectivity index (χ3v) is 6.43. The maximum absolute atomic E-state index is 13.3. The molecule has 3 aromatic rings. The number of urea groups is 1. The number of benzene rings is 1. The van der Waals surface area contributed by atoms with E-state index in [1.54, 1.807) is 36.4 Å². The van der Waals surface area contributed by atoms with Crippen molar-refractivity contribution < 1.29 is 4.79 Å².